The summed E-state index contributed by atoms with van der Waals surface area (Å²) in [5, 5.41) is 3.36. The first-order chi connectivity index (χ1) is 10.5. The molecule has 0 aliphatic carbocycles. The first kappa shape index (κ1) is 15.6. The molecule has 0 unspecified atom stereocenters. The first-order valence-electron chi connectivity index (χ1n) is 7.11. The van der Waals surface area contributed by atoms with E-state index in [9.17, 15) is 8.42 Å². The van der Waals surface area contributed by atoms with Gasteiger partial charge in [0.25, 0.3) is 0 Å². The fraction of sp³-hybridized carbons (Fsp3) is 0.429. The number of anilines is 1. The molecule has 6 nitrogen and oxygen atoms in total. The Bertz CT molecular complexity index is 791. The second-order valence-corrected chi connectivity index (χ2v) is 8.52. The van der Waals surface area contributed by atoms with Crippen molar-refractivity contribution in [2.24, 2.45) is 5.92 Å². The molecule has 0 radical (unpaired) electrons. The molecule has 1 fully saturated rings. The average Bonchev–Trinajstić information content (AvgIpc) is 2.45. The summed E-state index contributed by atoms with van der Waals surface area (Å²) in [6, 6.07) is 3.81. The molecule has 118 valence electrons. The molecule has 0 aromatic carbocycles. The Morgan fingerprint density at radius 2 is 2.18 bits per heavy atom. The topological polar surface area (TPSA) is 75.2 Å². The Morgan fingerprint density at radius 3 is 2.91 bits per heavy atom. The highest BCUT2D eigenvalue weighted by Gasteiger charge is 2.34. The standard InChI is InChI=1S/C14H17BrN4O2S/c1-2-22(20,21)19-8-10(9-19)6-17-12-3-4-16-13-5-11(15)7-18-14(12)13/h3-5,7,10H,2,6,8-9H2,1H3,(H,16,17). The van der Waals surface area contributed by atoms with E-state index in [-0.39, 0.29) is 5.75 Å². The molecule has 1 N–H and O–H groups in total. The van der Waals surface area contributed by atoms with Gasteiger partial charge in [0.05, 0.1) is 17.0 Å². The van der Waals surface area contributed by atoms with E-state index in [0.717, 1.165) is 27.7 Å². The zero-order valence-corrected chi connectivity index (χ0v) is 14.6. The van der Waals surface area contributed by atoms with Gasteiger partial charge in [-0.25, -0.2) is 12.7 Å². The minimum absolute atomic E-state index is 0.168. The van der Waals surface area contributed by atoms with Gasteiger partial charge in [-0.1, -0.05) is 0 Å². The molecule has 1 saturated heterocycles. The molecule has 0 atom stereocenters. The van der Waals surface area contributed by atoms with Crippen molar-refractivity contribution in [1.29, 1.82) is 0 Å². The lowest BCUT2D eigenvalue weighted by Crippen LogP contribution is -2.52. The zero-order valence-electron chi connectivity index (χ0n) is 12.2. The summed E-state index contributed by atoms with van der Waals surface area (Å²) in [6.07, 6.45) is 3.49. The number of rotatable bonds is 5. The van der Waals surface area contributed by atoms with Gasteiger partial charge in [-0.05, 0) is 35.0 Å². The Hall–Kier alpha value is -1.25. The summed E-state index contributed by atoms with van der Waals surface area (Å²) in [5.74, 6) is 0.501. The number of pyridine rings is 2. The molecule has 0 bridgehead atoms. The molecule has 2 aromatic heterocycles. The molecule has 8 heteroatoms. The fourth-order valence-corrected chi connectivity index (χ4v) is 4.02. The number of nitrogens with zero attached hydrogens (tertiary/aromatic N) is 3. The van der Waals surface area contributed by atoms with Gasteiger partial charge in [0, 0.05) is 42.4 Å². The van der Waals surface area contributed by atoms with Gasteiger partial charge in [0.2, 0.25) is 10.0 Å². The van der Waals surface area contributed by atoms with E-state index >= 15 is 0 Å². The Balaban J connectivity index is 1.64. The quantitative estimate of drug-likeness (QED) is 0.853. The van der Waals surface area contributed by atoms with Crippen molar-refractivity contribution in [2.75, 3.05) is 30.7 Å². The van der Waals surface area contributed by atoms with Gasteiger partial charge in [0.15, 0.2) is 0 Å². The van der Waals surface area contributed by atoms with Crippen molar-refractivity contribution >= 4 is 42.7 Å². The van der Waals surface area contributed by atoms with Crippen molar-refractivity contribution in [1.82, 2.24) is 14.3 Å². The Labute approximate surface area is 138 Å². The second-order valence-electron chi connectivity index (χ2n) is 5.34. The second kappa shape index (κ2) is 6.10. The van der Waals surface area contributed by atoms with Crippen molar-refractivity contribution < 1.29 is 8.42 Å². The maximum Gasteiger partial charge on any atom is 0.213 e. The van der Waals surface area contributed by atoms with Crippen LogP contribution in [-0.4, -0.2) is 48.1 Å². The first-order valence-corrected chi connectivity index (χ1v) is 9.52. The lowest BCUT2D eigenvalue weighted by atomic mass is 10.0. The monoisotopic (exact) mass is 384 g/mol. The molecule has 1 aliphatic heterocycles. The summed E-state index contributed by atoms with van der Waals surface area (Å²) in [5.41, 5.74) is 2.57. The third-order valence-corrected chi connectivity index (χ3v) is 6.06. The van der Waals surface area contributed by atoms with Crippen LogP contribution in [-0.2, 0) is 10.0 Å². The van der Waals surface area contributed by atoms with Gasteiger partial charge in [-0.15, -0.1) is 0 Å². The van der Waals surface area contributed by atoms with Crippen LogP contribution in [0.5, 0.6) is 0 Å². The maximum absolute atomic E-state index is 11.7. The van der Waals surface area contributed by atoms with Gasteiger partial charge < -0.3 is 5.32 Å². The molecular formula is C14H17BrN4O2S. The van der Waals surface area contributed by atoms with Crippen LogP contribution in [0.4, 0.5) is 5.69 Å². The highest BCUT2D eigenvalue weighted by Crippen LogP contribution is 2.24. The Morgan fingerprint density at radius 1 is 1.41 bits per heavy atom. The van der Waals surface area contributed by atoms with E-state index in [0.29, 0.717) is 19.0 Å². The largest absolute Gasteiger partial charge is 0.383 e. The number of fused-ring (bicyclic) bond motifs is 1. The molecule has 0 saturated carbocycles. The van der Waals surface area contributed by atoms with Crippen LogP contribution in [0.2, 0.25) is 0 Å². The lowest BCUT2D eigenvalue weighted by Gasteiger charge is -2.38. The van der Waals surface area contributed by atoms with Crippen LogP contribution in [0.15, 0.2) is 29.0 Å². The molecule has 1 aliphatic rings. The van der Waals surface area contributed by atoms with Crippen molar-refractivity contribution in [3.63, 3.8) is 0 Å². The zero-order chi connectivity index (χ0) is 15.7. The number of hydrogen-bond acceptors (Lipinski definition) is 5. The molecule has 0 amide bonds. The number of hydrogen-bond donors (Lipinski definition) is 1. The summed E-state index contributed by atoms with van der Waals surface area (Å²) in [6.45, 7) is 3.58. The molecule has 0 spiro atoms. The highest BCUT2D eigenvalue weighted by molar-refractivity contribution is 9.10. The predicted molar refractivity (Wildman–Crippen MR) is 90.3 cm³/mol. The average molecular weight is 385 g/mol. The Kier molecular flexibility index (Phi) is 4.33. The van der Waals surface area contributed by atoms with Gasteiger partial charge >= 0.3 is 0 Å². The number of sulfonamides is 1. The van der Waals surface area contributed by atoms with Crippen LogP contribution >= 0.6 is 15.9 Å². The van der Waals surface area contributed by atoms with Gasteiger partial charge in [-0.2, -0.15) is 0 Å². The van der Waals surface area contributed by atoms with Gasteiger partial charge in [0.1, 0.15) is 5.52 Å². The van der Waals surface area contributed by atoms with Crippen LogP contribution in [0.3, 0.4) is 0 Å². The normalized spacial score (nSPS) is 16.6. The maximum atomic E-state index is 11.7. The molecule has 22 heavy (non-hydrogen) atoms. The van der Waals surface area contributed by atoms with Crippen LogP contribution < -0.4 is 5.32 Å². The van der Waals surface area contributed by atoms with Gasteiger partial charge in [-0.3, -0.25) is 9.97 Å². The minimum Gasteiger partial charge on any atom is -0.383 e. The smallest absolute Gasteiger partial charge is 0.213 e. The van der Waals surface area contributed by atoms with E-state index < -0.39 is 10.0 Å². The fourth-order valence-electron chi connectivity index (χ4n) is 2.46. The number of halogens is 1. The highest BCUT2D eigenvalue weighted by atomic mass is 79.9. The van der Waals surface area contributed by atoms with Crippen LogP contribution in [0.25, 0.3) is 11.0 Å². The number of nitrogens with one attached hydrogen (secondary N) is 1. The van der Waals surface area contributed by atoms with Crippen molar-refractivity contribution in [3.8, 4) is 0 Å². The van der Waals surface area contributed by atoms with Crippen molar-refractivity contribution in [3.05, 3.63) is 29.0 Å². The van der Waals surface area contributed by atoms with E-state index in [2.05, 4.69) is 31.2 Å². The summed E-state index contributed by atoms with van der Waals surface area (Å²) >= 11 is 3.39. The summed E-state index contributed by atoms with van der Waals surface area (Å²) < 4.78 is 25.8. The SMILES string of the molecule is CCS(=O)(=O)N1CC(CNc2ccnc3cc(Br)cnc23)C1. The van der Waals surface area contributed by atoms with E-state index in [4.69, 9.17) is 0 Å². The lowest BCUT2D eigenvalue weighted by molar-refractivity contribution is 0.212. The van der Waals surface area contributed by atoms with E-state index in [1.54, 1.807) is 23.6 Å². The predicted octanol–water partition coefficient (Wildman–Crippen LogP) is 2.09. The molecular weight excluding hydrogens is 368 g/mol. The number of aromatic nitrogens is 2. The van der Waals surface area contributed by atoms with E-state index in [1.165, 1.54) is 0 Å². The third-order valence-electron chi connectivity index (χ3n) is 3.81. The van der Waals surface area contributed by atoms with Crippen LogP contribution in [0, 0.1) is 5.92 Å². The summed E-state index contributed by atoms with van der Waals surface area (Å²) in [7, 11) is -3.04. The third kappa shape index (κ3) is 3.09. The molecule has 3 rings (SSSR count). The summed E-state index contributed by atoms with van der Waals surface area (Å²) in [4.78, 5) is 8.69. The molecule has 3 heterocycles. The van der Waals surface area contributed by atoms with Crippen molar-refractivity contribution in [2.45, 2.75) is 6.92 Å². The molecule has 2 aromatic rings. The van der Waals surface area contributed by atoms with E-state index in [1.807, 2.05) is 12.1 Å². The minimum atomic E-state index is -3.04. The van der Waals surface area contributed by atoms with Crippen LogP contribution in [0.1, 0.15) is 6.92 Å².